The zero-order valence-corrected chi connectivity index (χ0v) is 12.1. The third-order valence-electron chi connectivity index (χ3n) is 3.23. The van der Waals surface area contributed by atoms with Crippen molar-refractivity contribution in [3.05, 3.63) is 35.9 Å². The number of benzene rings is 1. The highest BCUT2D eigenvalue weighted by molar-refractivity contribution is 5.85. The maximum absolute atomic E-state index is 2.54. The maximum atomic E-state index is 2.54. The van der Waals surface area contributed by atoms with Crippen molar-refractivity contribution in [3.63, 3.8) is 0 Å². The van der Waals surface area contributed by atoms with Gasteiger partial charge in [0.2, 0.25) is 0 Å². The van der Waals surface area contributed by atoms with Gasteiger partial charge in [-0.05, 0) is 26.1 Å². The number of halogens is 2. The molecule has 1 aromatic rings. The number of hydrogen-bond donors (Lipinski definition) is 0. The van der Waals surface area contributed by atoms with Crippen molar-refractivity contribution in [1.29, 1.82) is 0 Å². The summed E-state index contributed by atoms with van der Waals surface area (Å²) in [7, 11) is 4.35. The second-order valence-electron chi connectivity index (χ2n) is 4.63. The van der Waals surface area contributed by atoms with E-state index in [2.05, 4.69) is 54.2 Å². The largest absolute Gasteiger partial charge is 0.305 e. The van der Waals surface area contributed by atoms with E-state index in [0.29, 0.717) is 0 Å². The van der Waals surface area contributed by atoms with Crippen LogP contribution in [0.15, 0.2) is 30.3 Å². The summed E-state index contributed by atoms with van der Waals surface area (Å²) in [6, 6.07) is 11.5. The molecule has 0 aromatic heterocycles. The van der Waals surface area contributed by atoms with Crippen LogP contribution in [0.1, 0.15) is 12.0 Å². The van der Waals surface area contributed by atoms with Gasteiger partial charge in [0.25, 0.3) is 0 Å². The van der Waals surface area contributed by atoms with Crippen LogP contribution in [0, 0.1) is 0 Å². The monoisotopic (exact) mass is 276 g/mol. The van der Waals surface area contributed by atoms with Gasteiger partial charge in [-0.25, -0.2) is 0 Å². The average molecular weight is 277 g/mol. The maximum Gasteiger partial charge on any atom is 0.0234 e. The Morgan fingerprint density at radius 3 is 2.35 bits per heavy atom. The normalized spacial score (nSPS) is 19.8. The molecule has 1 atom stereocenters. The Morgan fingerprint density at radius 1 is 1.18 bits per heavy atom. The molecule has 4 heteroatoms. The highest BCUT2D eigenvalue weighted by Crippen LogP contribution is 2.15. The number of nitrogens with zero attached hydrogens (tertiary/aromatic N) is 2. The number of likely N-dealkylation sites (tertiary alicyclic amines) is 1. The van der Waals surface area contributed by atoms with Crippen LogP contribution in [0.25, 0.3) is 0 Å². The predicted molar refractivity (Wildman–Crippen MR) is 78.3 cm³/mol. The first-order chi connectivity index (χ1) is 7.25. The lowest BCUT2D eigenvalue weighted by Gasteiger charge is -2.20. The van der Waals surface area contributed by atoms with Crippen molar-refractivity contribution in [1.82, 2.24) is 9.80 Å². The van der Waals surface area contributed by atoms with Crippen LogP contribution in [-0.2, 0) is 6.54 Å². The number of rotatable bonds is 3. The molecule has 2 rings (SSSR count). The molecule has 1 heterocycles. The van der Waals surface area contributed by atoms with E-state index in [1.165, 1.54) is 25.1 Å². The summed E-state index contributed by atoms with van der Waals surface area (Å²) in [4.78, 5) is 4.88. The van der Waals surface area contributed by atoms with E-state index in [1.807, 2.05) is 0 Å². The van der Waals surface area contributed by atoms with Crippen molar-refractivity contribution in [2.24, 2.45) is 0 Å². The number of hydrogen-bond acceptors (Lipinski definition) is 2. The molecule has 0 spiro atoms. The van der Waals surface area contributed by atoms with E-state index in [-0.39, 0.29) is 24.8 Å². The molecule has 98 valence electrons. The van der Waals surface area contributed by atoms with E-state index in [9.17, 15) is 0 Å². The van der Waals surface area contributed by atoms with Crippen LogP contribution in [0.4, 0.5) is 0 Å². The van der Waals surface area contributed by atoms with Gasteiger partial charge in [-0.1, -0.05) is 30.3 Å². The zero-order valence-electron chi connectivity index (χ0n) is 10.5. The van der Waals surface area contributed by atoms with E-state index in [4.69, 9.17) is 0 Å². The Balaban J connectivity index is 0.00000128. The first-order valence-corrected chi connectivity index (χ1v) is 5.68. The Hall–Kier alpha value is -0.280. The van der Waals surface area contributed by atoms with Gasteiger partial charge >= 0.3 is 0 Å². The van der Waals surface area contributed by atoms with Gasteiger partial charge in [0.15, 0.2) is 0 Å². The van der Waals surface area contributed by atoms with Crippen LogP contribution in [0.3, 0.4) is 0 Å². The third kappa shape index (κ3) is 4.84. The summed E-state index contributed by atoms with van der Waals surface area (Å²) in [6.45, 7) is 3.55. The minimum absolute atomic E-state index is 0. The van der Waals surface area contributed by atoms with Crippen LogP contribution in [0.5, 0.6) is 0 Å². The quantitative estimate of drug-likeness (QED) is 0.838. The second kappa shape index (κ2) is 7.93. The van der Waals surface area contributed by atoms with E-state index in [0.717, 1.165) is 12.6 Å². The minimum Gasteiger partial charge on any atom is -0.305 e. The van der Waals surface area contributed by atoms with Gasteiger partial charge in [-0.15, -0.1) is 24.8 Å². The average Bonchev–Trinajstić information content (AvgIpc) is 2.68. The van der Waals surface area contributed by atoms with Gasteiger partial charge in [-0.3, -0.25) is 4.90 Å². The molecule has 1 aliphatic heterocycles. The molecular formula is C13H22Cl2N2. The third-order valence-corrected chi connectivity index (χ3v) is 3.23. The van der Waals surface area contributed by atoms with E-state index >= 15 is 0 Å². The van der Waals surface area contributed by atoms with Crippen molar-refractivity contribution < 1.29 is 0 Å². The molecule has 17 heavy (non-hydrogen) atoms. The summed E-state index contributed by atoms with van der Waals surface area (Å²) in [5, 5.41) is 0. The lowest BCUT2D eigenvalue weighted by Crippen LogP contribution is -2.31. The summed E-state index contributed by atoms with van der Waals surface area (Å²) in [5.41, 5.74) is 1.43. The molecule has 2 nitrogen and oxygen atoms in total. The Labute approximate surface area is 117 Å². The Morgan fingerprint density at radius 2 is 1.82 bits per heavy atom. The highest BCUT2D eigenvalue weighted by atomic mass is 35.5. The van der Waals surface area contributed by atoms with E-state index in [1.54, 1.807) is 0 Å². The first-order valence-electron chi connectivity index (χ1n) is 5.68. The lowest BCUT2D eigenvalue weighted by molar-refractivity contribution is 0.264. The SMILES string of the molecule is CN(C)[C@H]1CCN(Cc2ccccc2)C1.Cl.Cl. The first kappa shape index (κ1) is 16.7. The molecule has 0 bridgehead atoms. The Bertz CT molecular complexity index is 304. The van der Waals surface area contributed by atoms with Crippen LogP contribution in [-0.4, -0.2) is 43.0 Å². The highest BCUT2D eigenvalue weighted by Gasteiger charge is 2.23. The molecule has 0 amide bonds. The zero-order chi connectivity index (χ0) is 10.7. The molecule has 1 aliphatic rings. The fraction of sp³-hybridized carbons (Fsp3) is 0.538. The molecule has 0 unspecified atom stereocenters. The fourth-order valence-electron chi connectivity index (χ4n) is 2.22. The topological polar surface area (TPSA) is 6.48 Å². The van der Waals surface area contributed by atoms with Gasteiger partial charge in [0.05, 0.1) is 0 Å². The van der Waals surface area contributed by atoms with Gasteiger partial charge in [0, 0.05) is 25.7 Å². The smallest absolute Gasteiger partial charge is 0.0234 e. The molecule has 1 saturated heterocycles. The molecule has 1 aromatic carbocycles. The molecule has 0 N–H and O–H groups in total. The summed E-state index contributed by atoms with van der Waals surface area (Å²) >= 11 is 0. The van der Waals surface area contributed by atoms with Crippen molar-refractivity contribution in [2.45, 2.75) is 19.0 Å². The second-order valence-corrected chi connectivity index (χ2v) is 4.63. The molecule has 1 fully saturated rings. The van der Waals surface area contributed by atoms with Crippen molar-refractivity contribution >= 4 is 24.8 Å². The Kier molecular flexibility index (Phi) is 7.80. The molecule has 0 aliphatic carbocycles. The molecular weight excluding hydrogens is 255 g/mol. The predicted octanol–water partition coefficient (Wildman–Crippen LogP) is 2.67. The van der Waals surface area contributed by atoms with E-state index < -0.39 is 0 Å². The fourth-order valence-corrected chi connectivity index (χ4v) is 2.22. The standard InChI is InChI=1S/C13H20N2.2ClH/c1-14(2)13-8-9-15(11-13)10-12-6-4-3-5-7-12;;/h3-7,13H,8-11H2,1-2H3;2*1H/t13-;;/m0../s1. The van der Waals surface area contributed by atoms with Crippen molar-refractivity contribution in [2.75, 3.05) is 27.2 Å². The summed E-state index contributed by atoms with van der Waals surface area (Å²) < 4.78 is 0. The number of likely N-dealkylation sites (N-methyl/N-ethyl adjacent to an activating group) is 1. The van der Waals surface area contributed by atoms with Gasteiger partial charge in [-0.2, -0.15) is 0 Å². The summed E-state index contributed by atoms with van der Waals surface area (Å²) in [6.07, 6.45) is 1.31. The lowest BCUT2D eigenvalue weighted by atomic mass is 10.2. The minimum atomic E-state index is 0. The van der Waals surface area contributed by atoms with Crippen LogP contribution >= 0.6 is 24.8 Å². The molecule has 0 saturated carbocycles. The molecule has 0 radical (unpaired) electrons. The van der Waals surface area contributed by atoms with Crippen LogP contribution < -0.4 is 0 Å². The van der Waals surface area contributed by atoms with Gasteiger partial charge < -0.3 is 4.90 Å². The summed E-state index contributed by atoms with van der Waals surface area (Å²) in [5.74, 6) is 0. The van der Waals surface area contributed by atoms with Gasteiger partial charge in [0.1, 0.15) is 0 Å². The van der Waals surface area contributed by atoms with Crippen molar-refractivity contribution in [3.8, 4) is 0 Å². The van der Waals surface area contributed by atoms with Crippen LogP contribution in [0.2, 0.25) is 0 Å².